The minimum atomic E-state index is -3.60. The Balaban J connectivity index is 2.38. The number of para-hydroxylation sites is 1. The molecule has 0 saturated heterocycles. The molecule has 0 aliphatic rings. The number of hydrogen-bond acceptors (Lipinski definition) is 4. The summed E-state index contributed by atoms with van der Waals surface area (Å²) in [7, 11) is -2.01. The molecule has 0 fully saturated rings. The Kier molecular flexibility index (Phi) is 4.92. The molecule has 1 aromatic heterocycles. The molecule has 2 aromatic rings. The fourth-order valence-electron chi connectivity index (χ4n) is 2.12. The van der Waals surface area contributed by atoms with Crippen molar-refractivity contribution in [2.45, 2.75) is 31.2 Å². The van der Waals surface area contributed by atoms with Crippen molar-refractivity contribution < 1.29 is 13.2 Å². The van der Waals surface area contributed by atoms with Crippen LogP contribution in [0.1, 0.15) is 19.0 Å². The fourth-order valence-corrected chi connectivity index (χ4v) is 3.57. The van der Waals surface area contributed by atoms with E-state index in [0.29, 0.717) is 18.5 Å². The summed E-state index contributed by atoms with van der Waals surface area (Å²) in [5.74, 6) is 0. The highest BCUT2D eigenvalue weighted by Gasteiger charge is 2.20. The van der Waals surface area contributed by atoms with E-state index in [9.17, 15) is 8.42 Å². The second kappa shape index (κ2) is 6.51. The molecule has 0 radical (unpaired) electrons. The Bertz CT molecular complexity index is 729. The summed E-state index contributed by atoms with van der Waals surface area (Å²) in [6, 6.07) is 8.72. The quantitative estimate of drug-likeness (QED) is 0.888. The molecule has 5 nitrogen and oxygen atoms in total. The zero-order valence-electron chi connectivity index (χ0n) is 12.5. The number of benzene rings is 1. The summed E-state index contributed by atoms with van der Waals surface area (Å²) in [5, 5.41) is 0.813. The summed E-state index contributed by atoms with van der Waals surface area (Å²) in [4.78, 5) is 4.58. The van der Waals surface area contributed by atoms with Crippen molar-refractivity contribution >= 4 is 20.9 Å². The maximum atomic E-state index is 12.5. The largest absolute Gasteiger partial charge is 0.385 e. The molecule has 0 spiro atoms. The molecule has 1 heterocycles. The van der Waals surface area contributed by atoms with E-state index in [1.165, 1.54) is 0 Å². The number of methoxy groups -OCH3 is 1. The van der Waals surface area contributed by atoms with Crippen molar-refractivity contribution in [2.75, 3.05) is 13.7 Å². The molecule has 1 atom stereocenters. The van der Waals surface area contributed by atoms with E-state index in [4.69, 9.17) is 4.74 Å². The average molecular weight is 308 g/mol. The number of rotatable bonds is 6. The maximum absolute atomic E-state index is 12.5. The monoisotopic (exact) mass is 308 g/mol. The van der Waals surface area contributed by atoms with Crippen molar-refractivity contribution in [3.8, 4) is 0 Å². The van der Waals surface area contributed by atoms with Gasteiger partial charge in [0.05, 0.1) is 5.52 Å². The molecule has 1 aromatic carbocycles. The first-order valence-corrected chi connectivity index (χ1v) is 8.30. The summed E-state index contributed by atoms with van der Waals surface area (Å²) in [5.41, 5.74) is 1.29. The van der Waals surface area contributed by atoms with E-state index >= 15 is 0 Å². The Hall–Kier alpha value is -1.50. The van der Waals surface area contributed by atoms with E-state index in [-0.39, 0.29) is 10.9 Å². The SMILES string of the molecule is COCCC(C)NS(=O)(=O)c1cccc2ccc(C)nc12. The number of fused-ring (bicyclic) bond motifs is 1. The van der Waals surface area contributed by atoms with Crippen LogP contribution in [0.25, 0.3) is 10.9 Å². The van der Waals surface area contributed by atoms with Crippen LogP contribution in [-0.4, -0.2) is 33.2 Å². The normalized spacial score (nSPS) is 13.5. The molecule has 114 valence electrons. The van der Waals surface area contributed by atoms with Crippen LogP contribution in [0.4, 0.5) is 0 Å². The maximum Gasteiger partial charge on any atom is 0.242 e. The first kappa shape index (κ1) is 15.9. The zero-order valence-corrected chi connectivity index (χ0v) is 13.3. The molecule has 0 aliphatic heterocycles. The van der Waals surface area contributed by atoms with Crippen LogP contribution < -0.4 is 4.72 Å². The van der Waals surface area contributed by atoms with Crippen LogP contribution in [0, 0.1) is 6.92 Å². The molecule has 0 saturated carbocycles. The molecule has 1 unspecified atom stereocenters. The fraction of sp³-hybridized carbons (Fsp3) is 0.400. The molecule has 6 heteroatoms. The number of nitrogens with zero attached hydrogens (tertiary/aromatic N) is 1. The molecule has 0 aliphatic carbocycles. The summed E-state index contributed by atoms with van der Waals surface area (Å²) < 4.78 is 32.7. The first-order valence-electron chi connectivity index (χ1n) is 6.81. The number of aromatic nitrogens is 1. The number of ether oxygens (including phenoxy) is 1. The Morgan fingerprint density at radius 2 is 2.05 bits per heavy atom. The lowest BCUT2D eigenvalue weighted by molar-refractivity contribution is 0.188. The number of pyridine rings is 1. The first-order chi connectivity index (χ1) is 9.94. The van der Waals surface area contributed by atoms with Crippen LogP contribution >= 0.6 is 0 Å². The molecule has 21 heavy (non-hydrogen) atoms. The number of sulfonamides is 1. The van der Waals surface area contributed by atoms with Crippen molar-refractivity contribution in [1.29, 1.82) is 0 Å². The van der Waals surface area contributed by atoms with E-state index in [0.717, 1.165) is 11.1 Å². The lowest BCUT2D eigenvalue weighted by Crippen LogP contribution is -2.33. The van der Waals surface area contributed by atoms with Crippen LogP contribution in [-0.2, 0) is 14.8 Å². The van der Waals surface area contributed by atoms with Gasteiger partial charge in [0.2, 0.25) is 10.0 Å². The van der Waals surface area contributed by atoms with Gasteiger partial charge in [0.1, 0.15) is 4.90 Å². The third kappa shape index (κ3) is 3.78. The number of aryl methyl sites for hydroxylation is 1. The predicted molar refractivity (Wildman–Crippen MR) is 82.8 cm³/mol. The average Bonchev–Trinajstić information content (AvgIpc) is 2.43. The second-order valence-corrected chi connectivity index (χ2v) is 6.77. The molecule has 0 bridgehead atoms. The summed E-state index contributed by atoms with van der Waals surface area (Å²) in [6.45, 7) is 4.18. The summed E-state index contributed by atoms with van der Waals surface area (Å²) >= 11 is 0. The number of nitrogens with one attached hydrogen (secondary N) is 1. The smallest absolute Gasteiger partial charge is 0.242 e. The van der Waals surface area contributed by atoms with Gasteiger partial charge in [-0.3, -0.25) is 4.98 Å². The van der Waals surface area contributed by atoms with Crippen LogP contribution in [0.15, 0.2) is 35.2 Å². The van der Waals surface area contributed by atoms with Gasteiger partial charge in [-0.15, -0.1) is 0 Å². The highest BCUT2D eigenvalue weighted by atomic mass is 32.2. The molecular weight excluding hydrogens is 288 g/mol. The topological polar surface area (TPSA) is 68.3 Å². The lowest BCUT2D eigenvalue weighted by atomic mass is 10.2. The van der Waals surface area contributed by atoms with E-state index < -0.39 is 10.0 Å². The Labute approximate surface area is 125 Å². The standard InChI is InChI=1S/C15H20N2O3S/c1-11-7-8-13-5-4-6-14(15(13)16-11)21(18,19)17-12(2)9-10-20-3/h4-8,12,17H,9-10H2,1-3H3. The third-order valence-electron chi connectivity index (χ3n) is 3.22. The Morgan fingerprint density at radius 3 is 2.76 bits per heavy atom. The highest BCUT2D eigenvalue weighted by molar-refractivity contribution is 7.89. The molecule has 0 amide bonds. The van der Waals surface area contributed by atoms with Gasteiger partial charge in [0.15, 0.2) is 0 Å². The minimum Gasteiger partial charge on any atom is -0.385 e. The van der Waals surface area contributed by atoms with Crippen molar-refractivity contribution in [3.05, 3.63) is 36.0 Å². The van der Waals surface area contributed by atoms with E-state index in [1.54, 1.807) is 19.2 Å². The van der Waals surface area contributed by atoms with Crippen molar-refractivity contribution in [1.82, 2.24) is 9.71 Å². The van der Waals surface area contributed by atoms with Gasteiger partial charge in [-0.1, -0.05) is 18.2 Å². The van der Waals surface area contributed by atoms with Crippen LogP contribution in [0.2, 0.25) is 0 Å². The zero-order chi connectivity index (χ0) is 15.5. The second-order valence-electron chi connectivity index (χ2n) is 5.08. The van der Waals surface area contributed by atoms with Gasteiger partial charge in [-0.25, -0.2) is 13.1 Å². The highest BCUT2D eigenvalue weighted by Crippen LogP contribution is 2.21. The summed E-state index contributed by atoms with van der Waals surface area (Å²) in [6.07, 6.45) is 0.618. The van der Waals surface area contributed by atoms with Gasteiger partial charge >= 0.3 is 0 Å². The van der Waals surface area contributed by atoms with Gasteiger partial charge in [-0.05, 0) is 32.4 Å². The van der Waals surface area contributed by atoms with Crippen LogP contribution in [0.3, 0.4) is 0 Å². The van der Waals surface area contributed by atoms with E-state index in [2.05, 4.69) is 9.71 Å². The molecule has 1 N–H and O–H groups in total. The van der Waals surface area contributed by atoms with Crippen LogP contribution in [0.5, 0.6) is 0 Å². The molecule has 2 rings (SSSR count). The minimum absolute atomic E-state index is 0.199. The van der Waals surface area contributed by atoms with Gasteiger partial charge < -0.3 is 4.74 Å². The van der Waals surface area contributed by atoms with Crippen molar-refractivity contribution in [3.63, 3.8) is 0 Å². The predicted octanol–water partition coefficient (Wildman–Crippen LogP) is 2.25. The lowest BCUT2D eigenvalue weighted by Gasteiger charge is -2.14. The van der Waals surface area contributed by atoms with E-state index in [1.807, 2.05) is 32.0 Å². The van der Waals surface area contributed by atoms with Crippen molar-refractivity contribution in [2.24, 2.45) is 0 Å². The van der Waals surface area contributed by atoms with Gasteiger partial charge in [0, 0.05) is 30.8 Å². The third-order valence-corrected chi connectivity index (χ3v) is 4.84. The number of hydrogen-bond donors (Lipinski definition) is 1. The molecular formula is C15H20N2O3S. The van der Waals surface area contributed by atoms with Gasteiger partial charge in [-0.2, -0.15) is 0 Å². The van der Waals surface area contributed by atoms with Gasteiger partial charge in [0.25, 0.3) is 0 Å². The Morgan fingerprint density at radius 1 is 1.29 bits per heavy atom.